The van der Waals surface area contributed by atoms with Crippen LogP contribution in [0.15, 0.2) is 42.0 Å². The van der Waals surface area contributed by atoms with Gasteiger partial charge in [0.05, 0.1) is 11.6 Å². The number of benzene rings is 1. The molecule has 4 rings (SSSR count). The topological polar surface area (TPSA) is 29.5 Å². The second kappa shape index (κ2) is 6.27. The maximum absolute atomic E-state index is 13.1. The summed E-state index contributed by atoms with van der Waals surface area (Å²) in [5.41, 5.74) is 1.45. The number of rotatable bonds is 1. The summed E-state index contributed by atoms with van der Waals surface area (Å²) in [5.74, 6) is -0.371. The average Bonchev–Trinajstić information content (AvgIpc) is 2.94. The Kier molecular flexibility index (Phi) is 4.18. The number of hydrogen-bond donors (Lipinski definition) is 0. The fraction of sp³-hybridized carbons (Fsp3) is 0.450. The van der Waals surface area contributed by atoms with Gasteiger partial charge >= 0.3 is 12.1 Å². The van der Waals surface area contributed by atoms with Gasteiger partial charge in [0.25, 0.3) is 0 Å². The minimum atomic E-state index is -4.38. The van der Waals surface area contributed by atoms with Crippen LogP contribution in [0.5, 0.6) is 0 Å². The molecule has 3 aliphatic rings. The van der Waals surface area contributed by atoms with Gasteiger partial charge in [-0.15, -0.1) is 0 Å². The zero-order valence-electron chi connectivity index (χ0n) is 14.4. The number of alkyl halides is 3. The van der Waals surface area contributed by atoms with E-state index in [4.69, 9.17) is 4.74 Å². The Bertz CT molecular complexity index is 796. The number of ether oxygens (including phenoxy) is 1. The second-order valence-electron chi connectivity index (χ2n) is 7.16. The Morgan fingerprint density at radius 1 is 1.19 bits per heavy atom. The van der Waals surface area contributed by atoms with Crippen molar-refractivity contribution in [3.05, 3.63) is 53.1 Å². The van der Waals surface area contributed by atoms with Crippen molar-refractivity contribution in [2.24, 2.45) is 0 Å². The predicted octanol–water partition coefficient (Wildman–Crippen LogP) is 4.20. The van der Waals surface area contributed by atoms with Gasteiger partial charge in [0, 0.05) is 17.7 Å². The Morgan fingerprint density at radius 2 is 2.00 bits per heavy atom. The van der Waals surface area contributed by atoms with Crippen molar-refractivity contribution >= 4 is 11.5 Å². The fourth-order valence-electron chi connectivity index (χ4n) is 4.33. The summed E-state index contributed by atoms with van der Waals surface area (Å²) in [6, 6.07) is 5.45. The summed E-state index contributed by atoms with van der Waals surface area (Å²) in [4.78, 5) is 14.1. The van der Waals surface area contributed by atoms with Crippen molar-refractivity contribution in [3.8, 4) is 0 Å². The first kappa shape index (κ1) is 17.3. The number of hydrogen-bond acceptors (Lipinski definition) is 3. The van der Waals surface area contributed by atoms with Gasteiger partial charge in [-0.2, -0.15) is 13.2 Å². The second-order valence-corrected chi connectivity index (χ2v) is 7.16. The molecule has 0 bridgehead atoms. The van der Waals surface area contributed by atoms with Crippen LogP contribution in [-0.4, -0.2) is 35.6 Å². The lowest BCUT2D eigenvalue weighted by atomic mass is 9.93. The van der Waals surface area contributed by atoms with Crippen molar-refractivity contribution in [2.75, 3.05) is 6.54 Å². The van der Waals surface area contributed by atoms with Crippen molar-refractivity contribution in [1.82, 2.24) is 4.90 Å². The summed E-state index contributed by atoms with van der Waals surface area (Å²) in [6.45, 7) is 2.87. The van der Waals surface area contributed by atoms with Gasteiger partial charge in [0.1, 0.15) is 6.10 Å². The van der Waals surface area contributed by atoms with E-state index in [0.29, 0.717) is 5.56 Å². The third-order valence-corrected chi connectivity index (χ3v) is 5.59. The van der Waals surface area contributed by atoms with E-state index in [1.807, 2.05) is 13.0 Å². The molecule has 1 saturated heterocycles. The standard InChI is InChI=1S/C20H20F3NO2/c1-12-16(13-5-4-6-15(9-13)20(21,22)23)10-14-11-18(25)26-19(14)17-7-2-3-8-24(12)17/h4-6,9-12,17,19H,2-3,7-8H2,1H3/t12-,17?,19?/m0/s1. The molecule has 3 nitrogen and oxygen atoms in total. The largest absolute Gasteiger partial charge is 0.453 e. The van der Waals surface area contributed by atoms with Crippen LogP contribution in [0, 0.1) is 0 Å². The molecular weight excluding hydrogens is 343 g/mol. The third-order valence-electron chi connectivity index (χ3n) is 5.59. The molecule has 0 amide bonds. The first-order chi connectivity index (χ1) is 12.3. The maximum Gasteiger partial charge on any atom is 0.416 e. The Balaban J connectivity index is 1.81. The minimum absolute atomic E-state index is 0.0472. The van der Waals surface area contributed by atoms with Gasteiger partial charge < -0.3 is 4.74 Å². The smallest absolute Gasteiger partial charge is 0.416 e. The summed E-state index contributed by atoms with van der Waals surface area (Å²) in [7, 11) is 0. The van der Waals surface area contributed by atoms with E-state index in [9.17, 15) is 18.0 Å². The van der Waals surface area contributed by atoms with Crippen molar-refractivity contribution in [2.45, 2.75) is 50.6 Å². The highest BCUT2D eigenvalue weighted by Crippen LogP contribution is 2.39. The van der Waals surface area contributed by atoms with Gasteiger partial charge in [-0.25, -0.2) is 4.79 Å². The number of piperidine rings is 1. The SMILES string of the molecule is C[C@H]1C(c2cccc(C(F)(F)F)c2)=CC2=CC(=O)OC2C2CCCCN21. The van der Waals surface area contributed by atoms with Gasteiger partial charge in [-0.3, -0.25) is 4.90 Å². The molecule has 3 aliphatic heterocycles. The van der Waals surface area contributed by atoms with Crippen LogP contribution < -0.4 is 0 Å². The highest BCUT2D eigenvalue weighted by atomic mass is 19.4. The monoisotopic (exact) mass is 363 g/mol. The van der Waals surface area contributed by atoms with Crippen molar-refractivity contribution < 1.29 is 22.7 Å². The molecule has 1 fully saturated rings. The average molecular weight is 363 g/mol. The molecule has 1 aromatic carbocycles. The molecule has 0 N–H and O–H groups in total. The Morgan fingerprint density at radius 3 is 2.77 bits per heavy atom. The molecule has 138 valence electrons. The number of carbonyl (C=O) groups excluding carboxylic acids is 1. The lowest BCUT2D eigenvalue weighted by Crippen LogP contribution is -2.50. The van der Waals surface area contributed by atoms with E-state index in [1.165, 1.54) is 18.2 Å². The van der Waals surface area contributed by atoms with E-state index < -0.39 is 11.7 Å². The van der Waals surface area contributed by atoms with Gasteiger partial charge in [0.15, 0.2) is 0 Å². The van der Waals surface area contributed by atoms with Crippen LogP contribution in [0.2, 0.25) is 0 Å². The maximum atomic E-state index is 13.1. The molecule has 0 aliphatic carbocycles. The summed E-state index contributed by atoms with van der Waals surface area (Å²) in [6.07, 6.45) is 1.64. The van der Waals surface area contributed by atoms with Crippen molar-refractivity contribution in [3.63, 3.8) is 0 Å². The van der Waals surface area contributed by atoms with Crippen LogP contribution in [0.1, 0.15) is 37.3 Å². The molecule has 2 unspecified atom stereocenters. The zero-order valence-corrected chi connectivity index (χ0v) is 14.4. The van der Waals surface area contributed by atoms with E-state index in [1.54, 1.807) is 6.07 Å². The molecule has 0 spiro atoms. The van der Waals surface area contributed by atoms with Crippen LogP contribution in [0.4, 0.5) is 13.2 Å². The number of nitrogens with zero attached hydrogens (tertiary/aromatic N) is 1. The molecule has 0 radical (unpaired) electrons. The van der Waals surface area contributed by atoms with Gasteiger partial charge in [-0.05, 0) is 55.7 Å². The predicted molar refractivity (Wildman–Crippen MR) is 91.2 cm³/mol. The fourth-order valence-corrected chi connectivity index (χ4v) is 4.33. The van der Waals surface area contributed by atoms with Crippen LogP contribution in [0.3, 0.4) is 0 Å². The lowest BCUT2D eigenvalue weighted by Gasteiger charge is -2.41. The Labute approximate surface area is 150 Å². The summed E-state index contributed by atoms with van der Waals surface area (Å²) < 4.78 is 45.0. The highest BCUT2D eigenvalue weighted by molar-refractivity contribution is 5.88. The first-order valence-electron chi connectivity index (χ1n) is 8.92. The van der Waals surface area contributed by atoms with E-state index >= 15 is 0 Å². The number of carbonyl (C=O) groups is 1. The highest BCUT2D eigenvalue weighted by Gasteiger charge is 2.42. The van der Waals surface area contributed by atoms with E-state index in [2.05, 4.69) is 4.90 Å². The minimum Gasteiger partial charge on any atom is -0.453 e. The Hall–Kier alpha value is -2.08. The quantitative estimate of drug-likeness (QED) is 0.701. The van der Waals surface area contributed by atoms with Crippen LogP contribution in [-0.2, 0) is 15.7 Å². The first-order valence-corrected chi connectivity index (χ1v) is 8.92. The molecule has 3 atom stereocenters. The van der Waals surface area contributed by atoms with Crippen molar-refractivity contribution in [1.29, 1.82) is 0 Å². The molecule has 1 aromatic rings. The molecule has 0 aromatic heterocycles. The molecule has 6 heteroatoms. The van der Waals surface area contributed by atoms with Gasteiger partial charge in [-0.1, -0.05) is 18.6 Å². The summed E-state index contributed by atoms with van der Waals surface area (Å²) >= 11 is 0. The molecular formula is C20H20F3NO2. The van der Waals surface area contributed by atoms with Crippen LogP contribution in [0.25, 0.3) is 5.57 Å². The number of halogens is 3. The number of fused-ring (bicyclic) bond motifs is 3. The molecule has 0 saturated carbocycles. The van der Waals surface area contributed by atoms with Crippen LogP contribution >= 0.6 is 0 Å². The lowest BCUT2D eigenvalue weighted by molar-refractivity contribution is -0.142. The van der Waals surface area contributed by atoms with E-state index in [-0.39, 0.29) is 24.2 Å². The third kappa shape index (κ3) is 2.96. The summed E-state index contributed by atoms with van der Waals surface area (Å²) in [5, 5.41) is 0. The number of esters is 1. The van der Waals surface area contributed by atoms with Gasteiger partial charge in [0.2, 0.25) is 0 Å². The van der Waals surface area contributed by atoms with E-state index in [0.717, 1.165) is 43.0 Å². The molecule has 3 heterocycles. The zero-order chi connectivity index (χ0) is 18.5. The normalized spacial score (nSPS) is 29.2. The molecule has 26 heavy (non-hydrogen) atoms.